The predicted octanol–water partition coefficient (Wildman–Crippen LogP) is 0.650. The quantitative estimate of drug-likeness (QED) is 0.482. The largest absolute Gasteiger partial charge is 0.395 e. The number of amides is 1. The molecule has 0 aliphatic rings. The van der Waals surface area contributed by atoms with Crippen molar-refractivity contribution >= 4 is 17.5 Å². The molecular weight excluding hydrogens is 306 g/mol. The van der Waals surface area contributed by atoms with E-state index in [1.807, 2.05) is 6.07 Å². The number of aliphatic hydroxyl groups is 2. The van der Waals surface area contributed by atoms with Crippen molar-refractivity contribution in [2.24, 2.45) is 0 Å². The minimum Gasteiger partial charge on any atom is -0.395 e. The predicted molar refractivity (Wildman–Crippen MR) is 82.7 cm³/mol. The average molecular weight is 324 g/mol. The number of hydrogen-bond acceptors (Lipinski definition) is 5. The first-order valence-corrected chi connectivity index (χ1v) is 7.08. The van der Waals surface area contributed by atoms with Crippen molar-refractivity contribution in [1.82, 2.24) is 10.2 Å². The first kappa shape index (κ1) is 18.0. The number of nitrogens with one attached hydrogen (secondary N) is 1. The number of halogens is 1. The minimum absolute atomic E-state index is 0.0872. The van der Waals surface area contributed by atoms with E-state index in [-0.39, 0.29) is 38.4 Å². The number of aliphatic hydroxyl groups excluding tert-OH is 2. The second-order valence-corrected chi connectivity index (χ2v) is 4.88. The van der Waals surface area contributed by atoms with Gasteiger partial charge in [0.25, 0.3) is 5.91 Å². The van der Waals surface area contributed by atoms with E-state index in [4.69, 9.17) is 27.1 Å². The van der Waals surface area contributed by atoms with Crippen LogP contribution in [-0.4, -0.2) is 47.3 Å². The molecule has 0 aliphatic carbocycles. The van der Waals surface area contributed by atoms with Gasteiger partial charge in [0.2, 0.25) is 0 Å². The van der Waals surface area contributed by atoms with E-state index in [1.54, 1.807) is 24.3 Å². The number of nitriles is 1. The second kappa shape index (κ2) is 9.79. The fourth-order valence-electron chi connectivity index (χ4n) is 1.70. The van der Waals surface area contributed by atoms with Crippen LogP contribution in [0.4, 0.5) is 0 Å². The molecular formula is C15H18ClN3O3. The maximum absolute atomic E-state index is 12.0. The number of benzene rings is 1. The molecule has 0 spiro atoms. The van der Waals surface area contributed by atoms with Gasteiger partial charge in [-0.2, -0.15) is 5.26 Å². The lowest BCUT2D eigenvalue weighted by atomic mass is 10.2. The number of hydrogen-bond donors (Lipinski definition) is 3. The topological polar surface area (TPSA) is 96.6 Å². The highest BCUT2D eigenvalue weighted by molar-refractivity contribution is 6.30. The lowest BCUT2D eigenvalue weighted by Crippen LogP contribution is -2.29. The molecule has 0 heterocycles. The minimum atomic E-state index is -0.515. The van der Waals surface area contributed by atoms with Gasteiger partial charge in [-0.1, -0.05) is 23.7 Å². The zero-order valence-corrected chi connectivity index (χ0v) is 12.8. The molecule has 118 valence electrons. The highest BCUT2D eigenvalue weighted by Gasteiger charge is 2.11. The summed E-state index contributed by atoms with van der Waals surface area (Å²) in [6.45, 7) is 0.463. The van der Waals surface area contributed by atoms with Crippen LogP contribution in [0.3, 0.4) is 0 Å². The molecule has 7 heteroatoms. The number of nitrogens with zero attached hydrogens (tertiary/aromatic N) is 2. The van der Waals surface area contributed by atoms with Gasteiger partial charge >= 0.3 is 0 Å². The third-order valence-electron chi connectivity index (χ3n) is 2.82. The van der Waals surface area contributed by atoms with Gasteiger partial charge in [-0.05, 0) is 17.7 Å². The third-order valence-corrected chi connectivity index (χ3v) is 3.07. The van der Waals surface area contributed by atoms with E-state index in [0.29, 0.717) is 5.02 Å². The van der Waals surface area contributed by atoms with Crippen LogP contribution in [0.25, 0.3) is 0 Å². The smallest absolute Gasteiger partial charge is 0.263 e. The molecule has 0 fully saturated rings. The highest BCUT2D eigenvalue weighted by Crippen LogP contribution is 2.09. The van der Waals surface area contributed by atoms with Gasteiger partial charge in [-0.25, -0.2) is 0 Å². The van der Waals surface area contributed by atoms with Crippen LogP contribution in [0.1, 0.15) is 5.56 Å². The molecule has 0 atom stereocenters. The van der Waals surface area contributed by atoms with Crippen LogP contribution >= 0.6 is 11.6 Å². The summed E-state index contributed by atoms with van der Waals surface area (Å²) in [4.78, 5) is 13.5. The molecule has 0 aliphatic heterocycles. The van der Waals surface area contributed by atoms with Crippen molar-refractivity contribution in [2.45, 2.75) is 6.54 Å². The van der Waals surface area contributed by atoms with Crippen LogP contribution in [0.5, 0.6) is 0 Å². The van der Waals surface area contributed by atoms with Crippen molar-refractivity contribution in [3.63, 3.8) is 0 Å². The Balaban J connectivity index is 2.67. The fraction of sp³-hybridized carbons (Fsp3) is 0.333. The van der Waals surface area contributed by atoms with E-state index < -0.39 is 5.91 Å². The Morgan fingerprint density at radius 3 is 2.36 bits per heavy atom. The van der Waals surface area contributed by atoms with Gasteiger partial charge in [0.1, 0.15) is 11.6 Å². The van der Waals surface area contributed by atoms with E-state index >= 15 is 0 Å². The summed E-state index contributed by atoms with van der Waals surface area (Å²) in [5.41, 5.74) is 0.772. The molecule has 0 bridgehead atoms. The van der Waals surface area contributed by atoms with Gasteiger partial charge in [0.05, 0.1) is 13.2 Å². The highest BCUT2D eigenvalue weighted by atomic mass is 35.5. The monoisotopic (exact) mass is 323 g/mol. The van der Waals surface area contributed by atoms with Gasteiger partial charge in [-0.3, -0.25) is 4.79 Å². The first-order chi connectivity index (χ1) is 10.6. The van der Waals surface area contributed by atoms with Crippen molar-refractivity contribution in [3.8, 4) is 6.07 Å². The van der Waals surface area contributed by atoms with Crippen LogP contribution in [-0.2, 0) is 11.3 Å². The van der Waals surface area contributed by atoms with Crippen molar-refractivity contribution < 1.29 is 15.0 Å². The molecule has 22 heavy (non-hydrogen) atoms. The molecule has 1 aromatic rings. The Morgan fingerprint density at radius 2 is 1.86 bits per heavy atom. The number of carbonyl (C=O) groups is 1. The summed E-state index contributed by atoms with van der Waals surface area (Å²) >= 11 is 5.78. The summed E-state index contributed by atoms with van der Waals surface area (Å²) in [5.74, 6) is -0.515. The molecule has 0 unspecified atom stereocenters. The second-order valence-electron chi connectivity index (χ2n) is 4.45. The zero-order valence-electron chi connectivity index (χ0n) is 12.0. The Labute approximate surface area is 134 Å². The van der Waals surface area contributed by atoms with Crippen LogP contribution < -0.4 is 5.32 Å². The zero-order chi connectivity index (χ0) is 16.4. The summed E-state index contributed by atoms with van der Waals surface area (Å²) in [7, 11) is 0. The van der Waals surface area contributed by atoms with Gasteiger partial charge in [0.15, 0.2) is 0 Å². The van der Waals surface area contributed by atoms with Crippen molar-refractivity contribution in [2.75, 3.05) is 26.3 Å². The van der Waals surface area contributed by atoms with Gasteiger partial charge < -0.3 is 20.4 Å². The average Bonchev–Trinajstić information content (AvgIpc) is 2.52. The van der Waals surface area contributed by atoms with Crippen molar-refractivity contribution in [1.29, 1.82) is 5.26 Å². The standard InChI is InChI=1S/C15H18ClN3O3/c16-14-3-1-12(2-4-14)10-18-15(22)13(9-17)11-19(5-7-20)6-8-21/h1-4,11,20-21H,5-8,10H2,(H,18,22)/b13-11-. The molecule has 6 nitrogen and oxygen atoms in total. The number of carbonyl (C=O) groups excluding carboxylic acids is 1. The molecule has 0 aromatic heterocycles. The van der Waals surface area contributed by atoms with Gasteiger partial charge in [-0.15, -0.1) is 0 Å². The molecule has 1 amide bonds. The Hall–Kier alpha value is -2.07. The SMILES string of the molecule is N#C/C(=C/N(CCO)CCO)C(=O)NCc1ccc(Cl)cc1. The summed E-state index contributed by atoms with van der Waals surface area (Å²) in [6.07, 6.45) is 1.34. The van der Waals surface area contributed by atoms with Crippen LogP contribution in [0.2, 0.25) is 5.02 Å². The molecule has 3 N–H and O–H groups in total. The normalized spacial score (nSPS) is 10.9. The van der Waals surface area contributed by atoms with Crippen LogP contribution in [0.15, 0.2) is 36.0 Å². The van der Waals surface area contributed by atoms with E-state index in [1.165, 1.54) is 11.1 Å². The Bertz CT molecular complexity index is 546. The lowest BCUT2D eigenvalue weighted by molar-refractivity contribution is -0.117. The van der Waals surface area contributed by atoms with E-state index in [2.05, 4.69) is 5.32 Å². The summed E-state index contributed by atoms with van der Waals surface area (Å²) in [5, 5.41) is 30.1. The maximum atomic E-state index is 12.0. The van der Waals surface area contributed by atoms with Crippen LogP contribution in [0, 0.1) is 11.3 Å². The number of rotatable bonds is 8. The first-order valence-electron chi connectivity index (χ1n) is 6.71. The summed E-state index contributed by atoms with van der Waals surface area (Å²) in [6, 6.07) is 8.81. The van der Waals surface area contributed by atoms with Gasteiger partial charge in [0, 0.05) is 30.9 Å². The molecule has 1 aromatic carbocycles. The third kappa shape index (κ3) is 6.14. The lowest BCUT2D eigenvalue weighted by Gasteiger charge is -2.18. The molecule has 0 saturated carbocycles. The maximum Gasteiger partial charge on any atom is 0.263 e. The van der Waals surface area contributed by atoms with Crippen molar-refractivity contribution in [3.05, 3.63) is 46.6 Å². The fourth-order valence-corrected chi connectivity index (χ4v) is 1.82. The summed E-state index contributed by atoms with van der Waals surface area (Å²) < 4.78 is 0. The van der Waals surface area contributed by atoms with E-state index in [9.17, 15) is 4.79 Å². The molecule has 0 radical (unpaired) electrons. The Morgan fingerprint density at radius 1 is 1.27 bits per heavy atom. The molecule has 1 rings (SSSR count). The van der Waals surface area contributed by atoms with E-state index in [0.717, 1.165) is 5.56 Å². The molecule has 0 saturated heterocycles. The Kier molecular flexibility index (Phi) is 8.00.